The second-order valence-corrected chi connectivity index (χ2v) is 7.69. The van der Waals surface area contributed by atoms with Gasteiger partial charge in [-0.15, -0.1) is 0 Å². The first-order valence-corrected chi connectivity index (χ1v) is 9.85. The van der Waals surface area contributed by atoms with Crippen molar-refractivity contribution in [3.05, 3.63) is 65.5 Å². The number of pyridine rings is 1. The molecule has 1 fully saturated rings. The molecule has 0 radical (unpaired) electrons. The molecule has 6 nitrogen and oxygen atoms in total. The van der Waals surface area contributed by atoms with Gasteiger partial charge >= 0.3 is 0 Å². The summed E-state index contributed by atoms with van der Waals surface area (Å²) in [6.07, 6.45) is 5.57. The third kappa shape index (κ3) is 3.92. The average molecular weight is 378 g/mol. The zero-order valence-corrected chi connectivity index (χ0v) is 16.2. The fourth-order valence-corrected chi connectivity index (χ4v) is 4.32. The fourth-order valence-electron chi connectivity index (χ4n) is 4.32. The van der Waals surface area contributed by atoms with Crippen LogP contribution in [0.2, 0.25) is 0 Å². The van der Waals surface area contributed by atoms with E-state index >= 15 is 0 Å². The van der Waals surface area contributed by atoms with Gasteiger partial charge in [-0.3, -0.25) is 19.5 Å². The van der Waals surface area contributed by atoms with Crippen LogP contribution >= 0.6 is 0 Å². The van der Waals surface area contributed by atoms with Crippen molar-refractivity contribution in [1.29, 1.82) is 0 Å². The molecule has 1 aliphatic carbocycles. The number of nitrogens with zero attached hydrogens (tertiary/aromatic N) is 3. The first-order valence-electron chi connectivity index (χ1n) is 9.85. The monoisotopic (exact) mass is 378 g/mol. The number of carbonyl (C=O) groups excluding carboxylic acids is 2. The molecule has 1 atom stereocenters. The maximum Gasteiger partial charge on any atom is 0.237 e. The van der Waals surface area contributed by atoms with Crippen LogP contribution in [0.1, 0.15) is 23.1 Å². The van der Waals surface area contributed by atoms with Crippen molar-refractivity contribution in [2.24, 2.45) is 0 Å². The molecule has 6 heteroatoms. The smallest absolute Gasteiger partial charge is 0.237 e. The number of nitrogens with one attached hydrogen (secondary N) is 1. The molecule has 0 spiro atoms. The quantitative estimate of drug-likeness (QED) is 0.854. The lowest BCUT2D eigenvalue weighted by atomic mass is 10.0. The molecule has 1 N–H and O–H groups in total. The predicted molar refractivity (Wildman–Crippen MR) is 106 cm³/mol. The Hall–Kier alpha value is -2.73. The van der Waals surface area contributed by atoms with E-state index in [1.54, 1.807) is 24.3 Å². The van der Waals surface area contributed by atoms with Crippen LogP contribution in [0, 0.1) is 0 Å². The molecule has 2 amide bonds. The van der Waals surface area contributed by atoms with Gasteiger partial charge in [-0.05, 0) is 35.6 Å². The van der Waals surface area contributed by atoms with Gasteiger partial charge < -0.3 is 10.2 Å². The van der Waals surface area contributed by atoms with Gasteiger partial charge in [0.1, 0.15) is 0 Å². The Kier molecular flexibility index (Phi) is 5.39. The number of hydrogen-bond acceptors (Lipinski definition) is 4. The van der Waals surface area contributed by atoms with E-state index < -0.39 is 6.04 Å². The first-order chi connectivity index (χ1) is 13.6. The highest BCUT2D eigenvalue weighted by Gasteiger charge is 2.38. The van der Waals surface area contributed by atoms with Crippen molar-refractivity contribution >= 4 is 11.8 Å². The van der Waals surface area contributed by atoms with Crippen molar-refractivity contribution in [2.75, 3.05) is 20.1 Å². The Balaban J connectivity index is 1.43. The molecule has 1 aromatic heterocycles. The summed E-state index contributed by atoms with van der Waals surface area (Å²) in [6.45, 7) is 1.92. The Bertz CT molecular complexity index is 830. The normalized spacial score (nSPS) is 19.9. The zero-order chi connectivity index (χ0) is 19.5. The number of rotatable bonds is 5. The largest absolute Gasteiger partial charge is 0.353 e. The van der Waals surface area contributed by atoms with E-state index in [2.05, 4.69) is 39.5 Å². The number of aromatic nitrogens is 1. The molecule has 0 saturated carbocycles. The first kappa shape index (κ1) is 18.6. The highest BCUT2D eigenvalue weighted by molar-refractivity contribution is 5.88. The molecule has 146 valence electrons. The van der Waals surface area contributed by atoms with Crippen LogP contribution in [0.15, 0.2) is 48.8 Å². The van der Waals surface area contributed by atoms with Gasteiger partial charge in [0.15, 0.2) is 0 Å². The van der Waals surface area contributed by atoms with Gasteiger partial charge in [0.2, 0.25) is 11.8 Å². The molecule has 2 aliphatic rings. The van der Waals surface area contributed by atoms with Crippen LogP contribution in [-0.4, -0.2) is 58.8 Å². The molecule has 2 heterocycles. The van der Waals surface area contributed by atoms with Crippen LogP contribution in [-0.2, 0) is 29.0 Å². The molecule has 2 aromatic rings. The van der Waals surface area contributed by atoms with Crippen molar-refractivity contribution in [3.8, 4) is 0 Å². The summed E-state index contributed by atoms with van der Waals surface area (Å²) >= 11 is 0. The van der Waals surface area contributed by atoms with Gasteiger partial charge in [-0.25, -0.2) is 0 Å². The summed E-state index contributed by atoms with van der Waals surface area (Å²) < 4.78 is 0. The minimum absolute atomic E-state index is 0.0218. The Labute approximate surface area is 165 Å². The number of piperazine rings is 1. The summed E-state index contributed by atoms with van der Waals surface area (Å²) in [7, 11) is 1.78. The van der Waals surface area contributed by atoms with Gasteiger partial charge in [-0.2, -0.15) is 0 Å². The van der Waals surface area contributed by atoms with Crippen LogP contribution in [0.3, 0.4) is 0 Å². The predicted octanol–water partition coefficient (Wildman–Crippen LogP) is 1.40. The van der Waals surface area contributed by atoms with Crippen LogP contribution in [0.5, 0.6) is 0 Å². The summed E-state index contributed by atoms with van der Waals surface area (Å²) in [6, 6.07) is 12.2. The van der Waals surface area contributed by atoms with E-state index in [0.29, 0.717) is 13.1 Å². The summed E-state index contributed by atoms with van der Waals surface area (Å²) in [5, 5.41) is 2.94. The topological polar surface area (TPSA) is 65.5 Å². The minimum atomic E-state index is -0.406. The number of benzene rings is 1. The number of fused-ring (bicyclic) bond motifs is 1. The Morgan fingerprint density at radius 1 is 1.21 bits per heavy atom. The SMILES string of the molecule is CN(Cc1cccnc1)C(=O)C[C@H]1C(=O)NCCN1C1Cc2ccccc2C1. The van der Waals surface area contributed by atoms with E-state index in [0.717, 1.165) is 24.9 Å². The van der Waals surface area contributed by atoms with Crippen LogP contribution in [0.25, 0.3) is 0 Å². The molecular formula is C22H26N4O2. The van der Waals surface area contributed by atoms with E-state index in [1.165, 1.54) is 11.1 Å². The van der Waals surface area contributed by atoms with Crippen molar-refractivity contribution in [1.82, 2.24) is 20.1 Å². The summed E-state index contributed by atoms with van der Waals surface area (Å²) in [5.41, 5.74) is 3.70. The van der Waals surface area contributed by atoms with E-state index in [-0.39, 0.29) is 24.3 Å². The Morgan fingerprint density at radius 3 is 2.64 bits per heavy atom. The summed E-state index contributed by atoms with van der Waals surface area (Å²) in [5.74, 6) is -0.0586. The maximum atomic E-state index is 12.8. The van der Waals surface area contributed by atoms with E-state index in [4.69, 9.17) is 0 Å². The minimum Gasteiger partial charge on any atom is -0.353 e. The van der Waals surface area contributed by atoms with Gasteiger partial charge in [0, 0.05) is 45.1 Å². The standard InChI is InChI=1S/C22H26N4O2/c1-25(15-16-5-4-8-23-14-16)21(27)13-20-22(28)24-9-10-26(20)19-11-17-6-2-3-7-18(17)12-19/h2-8,14,19-20H,9-13,15H2,1H3,(H,24,28)/t20-/m0/s1. The molecule has 0 bridgehead atoms. The lowest BCUT2D eigenvalue weighted by molar-refractivity contribution is -0.139. The summed E-state index contributed by atoms with van der Waals surface area (Å²) in [4.78, 5) is 33.5. The molecule has 1 aromatic carbocycles. The third-order valence-corrected chi connectivity index (χ3v) is 5.81. The second kappa shape index (κ2) is 8.10. The Morgan fingerprint density at radius 2 is 1.96 bits per heavy atom. The van der Waals surface area contributed by atoms with Gasteiger partial charge in [0.05, 0.1) is 12.5 Å². The number of carbonyl (C=O) groups is 2. The van der Waals surface area contributed by atoms with Crippen molar-refractivity contribution < 1.29 is 9.59 Å². The highest BCUT2D eigenvalue weighted by Crippen LogP contribution is 2.28. The lowest BCUT2D eigenvalue weighted by Crippen LogP contribution is -2.59. The highest BCUT2D eigenvalue weighted by atomic mass is 16.2. The van der Waals surface area contributed by atoms with Gasteiger partial charge in [0.25, 0.3) is 0 Å². The van der Waals surface area contributed by atoms with Crippen molar-refractivity contribution in [2.45, 2.75) is 37.9 Å². The fraction of sp³-hybridized carbons (Fsp3) is 0.409. The molecule has 28 heavy (non-hydrogen) atoms. The van der Waals surface area contributed by atoms with E-state index in [9.17, 15) is 9.59 Å². The van der Waals surface area contributed by atoms with Crippen LogP contribution < -0.4 is 5.32 Å². The maximum absolute atomic E-state index is 12.8. The average Bonchev–Trinajstić information content (AvgIpc) is 3.14. The molecule has 1 saturated heterocycles. The van der Waals surface area contributed by atoms with E-state index in [1.807, 2.05) is 12.1 Å². The van der Waals surface area contributed by atoms with Crippen molar-refractivity contribution in [3.63, 3.8) is 0 Å². The molecule has 1 aliphatic heterocycles. The van der Waals surface area contributed by atoms with Crippen LogP contribution in [0.4, 0.5) is 0 Å². The van der Waals surface area contributed by atoms with Gasteiger partial charge in [-0.1, -0.05) is 30.3 Å². The lowest BCUT2D eigenvalue weighted by Gasteiger charge is -2.39. The second-order valence-electron chi connectivity index (χ2n) is 7.69. The number of amides is 2. The third-order valence-electron chi connectivity index (χ3n) is 5.81. The molecule has 4 rings (SSSR count). The zero-order valence-electron chi connectivity index (χ0n) is 16.2. The molecule has 0 unspecified atom stereocenters. The number of hydrogen-bond donors (Lipinski definition) is 1. The molecular weight excluding hydrogens is 352 g/mol.